The van der Waals surface area contributed by atoms with E-state index < -0.39 is 15.0 Å². The Morgan fingerprint density at radius 2 is 1.38 bits per heavy atom. The quantitative estimate of drug-likeness (QED) is 0.732. The Hall–Kier alpha value is -2.21. The number of fused-ring (bicyclic) bond motifs is 1. The topological polar surface area (TPSA) is 52.6 Å². The first-order valence-corrected chi connectivity index (χ1v) is 9.19. The van der Waals surface area contributed by atoms with Crippen molar-refractivity contribution < 1.29 is 17.9 Å². The summed E-state index contributed by atoms with van der Waals surface area (Å²) in [5.41, 5.74) is 0.482. The van der Waals surface area contributed by atoms with Crippen LogP contribution in [0.4, 0.5) is 0 Å². The number of benzene rings is 3. The van der Waals surface area contributed by atoms with Crippen LogP contribution >= 0.6 is 0 Å². The number of hydrogen-bond donors (Lipinski definition) is 0. The third-order valence-electron chi connectivity index (χ3n) is 4.18. The SMILES string of the molecule is O=S(=O)(c1ccc2ccccc2c1)C1(c2ccccc2)OCCO1. The van der Waals surface area contributed by atoms with Crippen LogP contribution in [0, 0.1) is 0 Å². The molecule has 1 saturated heterocycles. The maximum absolute atomic E-state index is 13.4. The lowest BCUT2D eigenvalue weighted by Crippen LogP contribution is -2.37. The van der Waals surface area contributed by atoms with Gasteiger partial charge in [-0.25, -0.2) is 8.42 Å². The molecule has 122 valence electrons. The smallest absolute Gasteiger partial charge is 0.306 e. The Morgan fingerprint density at radius 3 is 2.08 bits per heavy atom. The molecule has 4 nitrogen and oxygen atoms in total. The van der Waals surface area contributed by atoms with Crippen LogP contribution in [0.2, 0.25) is 0 Å². The molecule has 4 rings (SSSR count). The van der Waals surface area contributed by atoms with E-state index in [1.165, 1.54) is 0 Å². The van der Waals surface area contributed by atoms with E-state index in [9.17, 15) is 8.42 Å². The Balaban J connectivity index is 1.90. The van der Waals surface area contributed by atoms with Crippen LogP contribution in [0.15, 0.2) is 77.7 Å². The van der Waals surface area contributed by atoms with Crippen LogP contribution < -0.4 is 0 Å². The standard InChI is InChI=1S/C19H16O4S/c20-24(21,18-11-10-15-6-4-5-7-16(15)14-18)19(22-12-13-23-19)17-8-2-1-3-9-17/h1-11,14H,12-13H2. The molecule has 0 amide bonds. The van der Waals surface area contributed by atoms with Gasteiger partial charge in [-0.3, -0.25) is 0 Å². The van der Waals surface area contributed by atoms with Crippen molar-refractivity contribution in [2.75, 3.05) is 13.2 Å². The maximum Gasteiger partial charge on any atom is 0.306 e. The molecule has 0 spiro atoms. The average Bonchev–Trinajstić information content (AvgIpc) is 3.14. The fraction of sp³-hybridized carbons (Fsp3) is 0.158. The second-order valence-electron chi connectivity index (χ2n) is 5.63. The van der Waals surface area contributed by atoms with Crippen LogP contribution in [-0.2, 0) is 24.4 Å². The summed E-state index contributed by atoms with van der Waals surface area (Å²) in [6.07, 6.45) is 0. The molecule has 3 aromatic rings. The van der Waals surface area contributed by atoms with Crippen molar-refractivity contribution in [3.8, 4) is 0 Å². The Morgan fingerprint density at radius 1 is 0.750 bits per heavy atom. The molecule has 1 aliphatic heterocycles. The molecule has 24 heavy (non-hydrogen) atoms. The predicted molar refractivity (Wildman–Crippen MR) is 91.2 cm³/mol. The summed E-state index contributed by atoms with van der Waals surface area (Å²) in [6, 6.07) is 21.5. The molecule has 1 heterocycles. The van der Waals surface area contributed by atoms with Gasteiger partial charge in [0, 0.05) is 5.56 Å². The molecule has 0 bridgehead atoms. The molecule has 0 aromatic heterocycles. The van der Waals surface area contributed by atoms with E-state index in [1.807, 2.05) is 30.3 Å². The third kappa shape index (κ3) is 2.24. The van der Waals surface area contributed by atoms with Gasteiger partial charge >= 0.3 is 5.12 Å². The molecule has 0 atom stereocenters. The second-order valence-corrected chi connectivity index (χ2v) is 7.65. The van der Waals surface area contributed by atoms with Gasteiger partial charge < -0.3 is 9.47 Å². The van der Waals surface area contributed by atoms with E-state index in [1.54, 1.807) is 42.5 Å². The van der Waals surface area contributed by atoms with Gasteiger partial charge in [0.05, 0.1) is 18.1 Å². The minimum Gasteiger partial charge on any atom is -0.331 e. The van der Waals surface area contributed by atoms with Gasteiger partial charge in [0.1, 0.15) is 0 Å². The van der Waals surface area contributed by atoms with E-state index in [0.29, 0.717) is 5.56 Å². The van der Waals surface area contributed by atoms with Crippen LogP contribution in [0.25, 0.3) is 10.8 Å². The highest BCUT2D eigenvalue weighted by Crippen LogP contribution is 2.41. The van der Waals surface area contributed by atoms with E-state index in [4.69, 9.17) is 9.47 Å². The Bertz CT molecular complexity index is 974. The normalized spacial score (nSPS) is 17.2. The number of rotatable bonds is 3. The van der Waals surface area contributed by atoms with Crippen molar-refractivity contribution in [2.45, 2.75) is 10.0 Å². The van der Waals surface area contributed by atoms with Crippen molar-refractivity contribution in [1.29, 1.82) is 0 Å². The van der Waals surface area contributed by atoms with Gasteiger partial charge in [-0.05, 0) is 22.9 Å². The lowest BCUT2D eigenvalue weighted by Gasteiger charge is -2.27. The van der Waals surface area contributed by atoms with Crippen LogP contribution in [0.3, 0.4) is 0 Å². The van der Waals surface area contributed by atoms with Crippen molar-refractivity contribution in [3.05, 3.63) is 78.4 Å². The number of hydrogen-bond acceptors (Lipinski definition) is 4. The summed E-state index contributed by atoms with van der Waals surface area (Å²) in [5, 5.41) is 0.0646. The highest BCUT2D eigenvalue weighted by molar-refractivity contribution is 7.92. The molecular weight excluding hydrogens is 324 g/mol. The van der Waals surface area contributed by atoms with E-state index >= 15 is 0 Å². The molecular formula is C19H16O4S. The molecule has 3 aromatic carbocycles. The van der Waals surface area contributed by atoms with Gasteiger partial charge in [0.15, 0.2) is 0 Å². The third-order valence-corrected chi connectivity index (χ3v) is 6.23. The zero-order valence-electron chi connectivity index (χ0n) is 12.9. The van der Waals surface area contributed by atoms with Gasteiger partial charge in [0.25, 0.3) is 0 Å². The largest absolute Gasteiger partial charge is 0.331 e. The van der Waals surface area contributed by atoms with E-state index in [-0.39, 0.29) is 18.1 Å². The van der Waals surface area contributed by atoms with Gasteiger partial charge in [-0.15, -0.1) is 0 Å². The average molecular weight is 340 g/mol. The first-order valence-electron chi connectivity index (χ1n) is 7.70. The summed E-state index contributed by atoms with van der Waals surface area (Å²) >= 11 is 0. The van der Waals surface area contributed by atoms with E-state index in [0.717, 1.165) is 10.8 Å². The fourth-order valence-electron chi connectivity index (χ4n) is 3.00. The highest BCUT2D eigenvalue weighted by atomic mass is 32.2. The zero-order valence-corrected chi connectivity index (χ0v) is 13.7. The molecule has 0 N–H and O–H groups in total. The maximum atomic E-state index is 13.4. The van der Waals surface area contributed by atoms with Crippen molar-refractivity contribution in [3.63, 3.8) is 0 Å². The zero-order chi connectivity index (χ0) is 16.6. The van der Waals surface area contributed by atoms with Gasteiger partial charge in [-0.1, -0.05) is 60.7 Å². The van der Waals surface area contributed by atoms with Gasteiger partial charge in [-0.2, -0.15) is 0 Å². The molecule has 1 aliphatic rings. The molecule has 0 radical (unpaired) electrons. The summed E-state index contributed by atoms with van der Waals surface area (Å²) < 4.78 is 38.0. The van der Waals surface area contributed by atoms with Crippen LogP contribution in [-0.4, -0.2) is 21.6 Å². The van der Waals surface area contributed by atoms with Crippen LogP contribution in [0.1, 0.15) is 5.56 Å². The first-order chi connectivity index (χ1) is 11.6. The van der Waals surface area contributed by atoms with Gasteiger partial charge in [0.2, 0.25) is 9.84 Å². The molecule has 0 unspecified atom stereocenters. The summed E-state index contributed by atoms with van der Waals surface area (Å²) in [4.78, 5) is 0.187. The number of ether oxygens (including phenoxy) is 2. The Kier molecular flexibility index (Phi) is 3.64. The van der Waals surface area contributed by atoms with Crippen molar-refractivity contribution in [2.24, 2.45) is 0 Å². The lowest BCUT2D eigenvalue weighted by atomic mass is 10.1. The van der Waals surface area contributed by atoms with E-state index in [2.05, 4.69) is 0 Å². The van der Waals surface area contributed by atoms with Crippen LogP contribution in [0.5, 0.6) is 0 Å². The predicted octanol–water partition coefficient (Wildman–Crippen LogP) is 3.47. The van der Waals surface area contributed by atoms with Crippen molar-refractivity contribution >= 4 is 20.6 Å². The molecule has 0 saturated carbocycles. The summed E-state index contributed by atoms with van der Waals surface area (Å²) in [5.74, 6) is 0. The summed E-state index contributed by atoms with van der Waals surface area (Å²) in [7, 11) is -3.89. The molecule has 0 aliphatic carbocycles. The van der Waals surface area contributed by atoms with Crippen molar-refractivity contribution in [1.82, 2.24) is 0 Å². The summed E-state index contributed by atoms with van der Waals surface area (Å²) in [6.45, 7) is 0.476. The second kappa shape index (κ2) is 5.70. The minimum atomic E-state index is -3.89. The highest BCUT2D eigenvalue weighted by Gasteiger charge is 2.52. The monoisotopic (exact) mass is 340 g/mol. The number of sulfone groups is 1. The lowest BCUT2D eigenvalue weighted by molar-refractivity contribution is -0.0903. The molecule has 1 fully saturated rings. The minimum absolute atomic E-state index is 0.187. The Labute approximate surface area is 140 Å². The molecule has 5 heteroatoms. The first kappa shape index (κ1) is 15.3. The fourth-order valence-corrected chi connectivity index (χ4v) is 4.77.